The SMILES string of the molecule is Cc1ccc2c(c1)Cc1c(C3=CC=CC3)c(C)c(C)c(C)c1-2. The molecular formula is C22H22. The van der Waals surface area contributed by atoms with Crippen LogP contribution in [-0.4, -0.2) is 0 Å². The van der Waals surface area contributed by atoms with Crippen molar-refractivity contribution < 1.29 is 0 Å². The molecule has 0 aromatic heterocycles. The van der Waals surface area contributed by atoms with Gasteiger partial charge < -0.3 is 0 Å². The summed E-state index contributed by atoms with van der Waals surface area (Å²) in [5, 5.41) is 0. The number of rotatable bonds is 1. The maximum Gasteiger partial charge on any atom is -0.000709 e. The van der Waals surface area contributed by atoms with Crippen LogP contribution in [0, 0.1) is 27.7 Å². The Bertz CT molecular complexity index is 860. The predicted molar refractivity (Wildman–Crippen MR) is 95.4 cm³/mol. The van der Waals surface area contributed by atoms with Gasteiger partial charge in [0.05, 0.1) is 0 Å². The highest BCUT2D eigenvalue weighted by Crippen LogP contribution is 2.46. The molecule has 0 amide bonds. The number of hydrogen-bond acceptors (Lipinski definition) is 0. The molecule has 2 aromatic carbocycles. The number of benzene rings is 2. The molecule has 2 aliphatic rings. The molecule has 0 spiro atoms. The zero-order chi connectivity index (χ0) is 15.4. The Morgan fingerprint density at radius 1 is 0.864 bits per heavy atom. The van der Waals surface area contributed by atoms with E-state index < -0.39 is 0 Å². The van der Waals surface area contributed by atoms with E-state index in [2.05, 4.69) is 64.1 Å². The largest absolute Gasteiger partial charge is 0.0801 e. The van der Waals surface area contributed by atoms with Gasteiger partial charge in [0.25, 0.3) is 0 Å². The van der Waals surface area contributed by atoms with Gasteiger partial charge in [0.15, 0.2) is 0 Å². The van der Waals surface area contributed by atoms with Crippen molar-refractivity contribution in [1.82, 2.24) is 0 Å². The van der Waals surface area contributed by atoms with Crippen molar-refractivity contribution in [1.29, 1.82) is 0 Å². The third kappa shape index (κ3) is 1.76. The molecule has 0 saturated heterocycles. The van der Waals surface area contributed by atoms with Gasteiger partial charge in [-0.25, -0.2) is 0 Å². The summed E-state index contributed by atoms with van der Waals surface area (Å²) in [5.74, 6) is 0. The van der Waals surface area contributed by atoms with E-state index >= 15 is 0 Å². The van der Waals surface area contributed by atoms with Crippen molar-refractivity contribution in [3.63, 3.8) is 0 Å². The summed E-state index contributed by atoms with van der Waals surface area (Å²) >= 11 is 0. The lowest BCUT2D eigenvalue weighted by Crippen LogP contribution is -2.01. The molecule has 0 fully saturated rings. The molecule has 0 saturated carbocycles. The van der Waals surface area contributed by atoms with Crippen LogP contribution in [0.15, 0.2) is 36.4 Å². The number of hydrogen-bond donors (Lipinski definition) is 0. The average Bonchev–Trinajstić information content (AvgIpc) is 3.12. The smallest absolute Gasteiger partial charge is 0.000709 e. The highest BCUT2D eigenvalue weighted by Gasteiger charge is 2.27. The maximum absolute atomic E-state index is 2.37. The zero-order valence-electron chi connectivity index (χ0n) is 13.9. The molecule has 0 atom stereocenters. The fraction of sp³-hybridized carbons (Fsp3) is 0.273. The molecule has 4 rings (SSSR count). The van der Waals surface area contributed by atoms with Crippen molar-refractivity contribution in [3.8, 4) is 11.1 Å². The quantitative estimate of drug-likeness (QED) is 0.527. The van der Waals surface area contributed by atoms with Crippen LogP contribution >= 0.6 is 0 Å². The van der Waals surface area contributed by atoms with Crippen LogP contribution in [0.5, 0.6) is 0 Å². The fourth-order valence-corrected chi connectivity index (χ4v) is 4.15. The van der Waals surface area contributed by atoms with Crippen LogP contribution < -0.4 is 0 Å². The Hall–Kier alpha value is -2.08. The maximum atomic E-state index is 2.37. The topological polar surface area (TPSA) is 0 Å². The van der Waals surface area contributed by atoms with E-state index in [1.165, 1.54) is 50.1 Å². The molecule has 22 heavy (non-hydrogen) atoms. The summed E-state index contributed by atoms with van der Waals surface area (Å²) < 4.78 is 0. The summed E-state index contributed by atoms with van der Waals surface area (Å²) in [6.45, 7) is 9.06. The standard InChI is InChI=1S/C22H22/c1-13-9-10-19-18(11-13)12-20-21(17-7-5-6-8-17)15(3)14(2)16(4)22(19)20/h5-7,9-11H,8,12H2,1-4H3. The normalized spacial score (nSPS) is 15.0. The lowest BCUT2D eigenvalue weighted by molar-refractivity contribution is 1.17. The minimum Gasteiger partial charge on any atom is -0.0801 e. The first kappa shape index (κ1) is 13.6. The van der Waals surface area contributed by atoms with Crippen LogP contribution in [0.1, 0.15) is 45.4 Å². The number of fused-ring (bicyclic) bond motifs is 3. The molecule has 0 heterocycles. The van der Waals surface area contributed by atoms with Crippen molar-refractivity contribution in [2.24, 2.45) is 0 Å². The van der Waals surface area contributed by atoms with Gasteiger partial charge >= 0.3 is 0 Å². The van der Waals surface area contributed by atoms with E-state index in [9.17, 15) is 0 Å². The van der Waals surface area contributed by atoms with E-state index in [4.69, 9.17) is 0 Å². The van der Waals surface area contributed by atoms with E-state index in [-0.39, 0.29) is 0 Å². The monoisotopic (exact) mass is 286 g/mol. The summed E-state index contributed by atoms with van der Waals surface area (Å²) in [5.41, 5.74) is 14.7. The van der Waals surface area contributed by atoms with Gasteiger partial charge in [-0.15, -0.1) is 0 Å². The van der Waals surface area contributed by atoms with Gasteiger partial charge in [0.2, 0.25) is 0 Å². The van der Waals surface area contributed by atoms with Crippen molar-refractivity contribution in [2.75, 3.05) is 0 Å². The van der Waals surface area contributed by atoms with Gasteiger partial charge in [-0.1, -0.05) is 42.0 Å². The minimum atomic E-state index is 1.07. The van der Waals surface area contributed by atoms with Crippen molar-refractivity contribution >= 4 is 5.57 Å². The summed E-state index contributed by atoms with van der Waals surface area (Å²) in [6.07, 6.45) is 8.92. The third-order valence-electron chi connectivity index (χ3n) is 5.47. The van der Waals surface area contributed by atoms with Crippen LogP contribution in [0.25, 0.3) is 16.7 Å². The summed E-state index contributed by atoms with van der Waals surface area (Å²) in [4.78, 5) is 0. The second-order valence-electron chi connectivity index (χ2n) is 6.77. The third-order valence-corrected chi connectivity index (χ3v) is 5.47. The van der Waals surface area contributed by atoms with Crippen molar-refractivity contribution in [3.05, 3.63) is 75.4 Å². The van der Waals surface area contributed by atoms with Gasteiger partial charge in [0, 0.05) is 0 Å². The zero-order valence-corrected chi connectivity index (χ0v) is 13.9. The molecule has 0 unspecified atom stereocenters. The van der Waals surface area contributed by atoms with E-state index in [0.717, 1.165) is 12.8 Å². The average molecular weight is 286 g/mol. The van der Waals surface area contributed by atoms with Crippen LogP contribution in [0.4, 0.5) is 0 Å². The molecule has 110 valence electrons. The predicted octanol–water partition coefficient (Wildman–Crippen LogP) is 5.83. The molecule has 2 aromatic rings. The van der Waals surface area contributed by atoms with Crippen LogP contribution in [0.3, 0.4) is 0 Å². The number of aryl methyl sites for hydroxylation is 1. The molecule has 0 aliphatic heterocycles. The van der Waals surface area contributed by atoms with Crippen LogP contribution in [-0.2, 0) is 6.42 Å². The molecule has 0 nitrogen and oxygen atoms in total. The van der Waals surface area contributed by atoms with E-state index in [1.807, 2.05) is 0 Å². The first-order chi connectivity index (χ1) is 10.6. The Labute approximate surface area is 133 Å². The highest BCUT2D eigenvalue weighted by molar-refractivity contribution is 5.89. The van der Waals surface area contributed by atoms with Crippen LogP contribution in [0.2, 0.25) is 0 Å². The molecular weight excluding hydrogens is 264 g/mol. The Kier molecular flexibility index (Phi) is 2.91. The summed E-state index contributed by atoms with van der Waals surface area (Å²) in [7, 11) is 0. The van der Waals surface area contributed by atoms with Gasteiger partial charge in [-0.3, -0.25) is 0 Å². The lowest BCUT2D eigenvalue weighted by Gasteiger charge is -2.19. The first-order valence-electron chi connectivity index (χ1n) is 8.16. The Morgan fingerprint density at radius 3 is 2.36 bits per heavy atom. The molecule has 0 N–H and O–H groups in total. The highest BCUT2D eigenvalue weighted by atomic mass is 14.3. The van der Waals surface area contributed by atoms with Gasteiger partial charge in [-0.2, -0.15) is 0 Å². The lowest BCUT2D eigenvalue weighted by atomic mass is 9.85. The molecule has 0 radical (unpaired) electrons. The Morgan fingerprint density at radius 2 is 1.64 bits per heavy atom. The van der Waals surface area contributed by atoms with Gasteiger partial charge in [-0.05, 0) is 90.6 Å². The van der Waals surface area contributed by atoms with E-state index in [1.54, 1.807) is 5.56 Å². The Balaban J connectivity index is 2.04. The molecule has 0 heteroatoms. The summed E-state index contributed by atoms with van der Waals surface area (Å²) in [6, 6.07) is 6.94. The van der Waals surface area contributed by atoms with Crippen molar-refractivity contribution in [2.45, 2.75) is 40.5 Å². The fourth-order valence-electron chi connectivity index (χ4n) is 4.15. The molecule has 0 bridgehead atoms. The number of allylic oxidation sites excluding steroid dienone is 4. The minimum absolute atomic E-state index is 1.07. The van der Waals surface area contributed by atoms with E-state index in [0.29, 0.717) is 0 Å². The second-order valence-corrected chi connectivity index (χ2v) is 6.77. The first-order valence-corrected chi connectivity index (χ1v) is 8.16. The second kappa shape index (κ2) is 4.71. The van der Waals surface area contributed by atoms with Gasteiger partial charge in [0.1, 0.15) is 0 Å². The molecule has 2 aliphatic carbocycles.